The maximum atomic E-state index is 12.1. The maximum Gasteiger partial charge on any atom is 0.252 e. The zero-order valence-corrected chi connectivity index (χ0v) is 13.5. The number of thiol groups is 1. The molecule has 4 heteroatoms. The molecule has 20 heavy (non-hydrogen) atoms. The summed E-state index contributed by atoms with van der Waals surface area (Å²) in [6.07, 6.45) is 6.34. The van der Waals surface area contributed by atoms with Crippen LogP contribution in [0.25, 0.3) is 0 Å². The van der Waals surface area contributed by atoms with E-state index < -0.39 is 0 Å². The van der Waals surface area contributed by atoms with E-state index in [2.05, 4.69) is 24.9 Å². The van der Waals surface area contributed by atoms with Crippen LogP contribution in [-0.2, 0) is 0 Å². The molecule has 1 N–H and O–H groups in total. The smallest absolute Gasteiger partial charge is 0.252 e. The standard InChI is InChI=1S/C16H22ClNOS/c1-11-3-2-4-12(9-11)7-8-18-16(19)14-10-13(20)5-6-15(14)17/h5-6,10-12,20H,2-4,7-9H2,1H3,(H,18,19). The Kier molecular flexibility index (Phi) is 5.79. The van der Waals surface area contributed by atoms with Crippen molar-refractivity contribution in [1.82, 2.24) is 5.32 Å². The van der Waals surface area contributed by atoms with Gasteiger partial charge in [0.05, 0.1) is 10.6 Å². The lowest BCUT2D eigenvalue weighted by molar-refractivity contribution is 0.0949. The molecule has 0 spiro atoms. The highest BCUT2D eigenvalue weighted by Crippen LogP contribution is 2.30. The molecule has 110 valence electrons. The molecular formula is C16H22ClNOS. The average molecular weight is 312 g/mol. The van der Waals surface area contributed by atoms with E-state index in [0.29, 0.717) is 10.6 Å². The van der Waals surface area contributed by atoms with Gasteiger partial charge in [-0.2, -0.15) is 0 Å². The van der Waals surface area contributed by atoms with Crippen LogP contribution in [0.3, 0.4) is 0 Å². The normalized spacial score (nSPS) is 22.6. The summed E-state index contributed by atoms with van der Waals surface area (Å²) in [5.41, 5.74) is 0.510. The Bertz CT molecular complexity index is 478. The van der Waals surface area contributed by atoms with Gasteiger partial charge in [-0.05, 0) is 42.9 Å². The minimum atomic E-state index is -0.102. The molecule has 2 atom stereocenters. The van der Waals surface area contributed by atoms with Crippen LogP contribution in [-0.4, -0.2) is 12.5 Å². The molecule has 1 aromatic carbocycles. The molecule has 0 saturated heterocycles. The molecule has 1 saturated carbocycles. The Labute approximate surface area is 131 Å². The molecule has 1 aliphatic carbocycles. The average Bonchev–Trinajstić information content (AvgIpc) is 2.41. The Balaban J connectivity index is 1.81. The van der Waals surface area contributed by atoms with Crippen LogP contribution in [0.4, 0.5) is 0 Å². The van der Waals surface area contributed by atoms with Gasteiger partial charge >= 0.3 is 0 Å². The van der Waals surface area contributed by atoms with Gasteiger partial charge in [0.25, 0.3) is 5.91 Å². The summed E-state index contributed by atoms with van der Waals surface area (Å²) in [6.45, 7) is 3.05. The highest BCUT2D eigenvalue weighted by molar-refractivity contribution is 7.80. The van der Waals surface area contributed by atoms with E-state index >= 15 is 0 Å². The topological polar surface area (TPSA) is 29.1 Å². The van der Waals surface area contributed by atoms with Gasteiger partial charge in [0.2, 0.25) is 0 Å². The fourth-order valence-corrected chi connectivity index (χ4v) is 3.40. The number of benzene rings is 1. The summed E-state index contributed by atoms with van der Waals surface area (Å²) in [4.78, 5) is 12.8. The summed E-state index contributed by atoms with van der Waals surface area (Å²) >= 11 is 10.3. The Morgan fingerprint density at radius 2 is 2.25 bits per heavy atom. The Hall–Kier alpha value is -0.670. The van der Waals surface area contributed by atoms with Crippen molar-refractivity contribution < 1.29 is 4.79 Å². The molecule has 2 rings (SSSR count). The second-order valence-electron chi connectivity index (χ2n) is 5.85. The highest BCUT2D eigenvalue weighted by atomic mass is 35.5. The molecule has 0 bridgehead atoms. The van der Waals surface area contributed by atoms with Crippen LogP contribution in [0.1, 0.15) is 49.4 Å². The van der Waals surface area contributed by atoms with E-state index in [1.54, 1.807) is 18.2 Å². The fraction of sp³-hybridized carbons (Fsp3) is 0.562. The molecule has 1 fully saturated rings. The van der Waals surface area contributed by atoms with Crippen LogP contribution in [0.15, 0.2) is 23.1 Å². The number of nitrogens with one attached hydrogen (secondary N) is 1. The molecular weight excluding hydrogens is 290 g/mol. The molecule has 1 amide bonds. The quantitative estimate of drug-likeness (QED) is 0.783. The predicted molar refractivity (Wildman–Crippen MR) is 86.8 cm³/mol. The second-order valence-corrected chi connectivity index (χ2v) is 6.77. The van der Waals surface area contributed by atoms with Crippen molar-refractivity contribution in [2.75, 3.05) is 6.54 Å². The first kappa shape index (κ1) is 15.7. The van der Waals surface area contributed by atoms with E-state index in [-0.39, 0.29) is 5.91 Å². The molecule has 1 aliphatic rings. The van der Waals surface area contributed by atoms with Crippen molar-refractivity contribution >= 4 is 30.1 Å². The molecule has 0 heterocycles. The lowest BCUT2D eigenvalue weighted by atomic mass is 9.81. The van der Waals surface area contributed by atoms with Gasteiger partial charge < -0.3 is 5.32 Å². The Morgan fingerprint density at radius 1 is 1.45 bits per heavy atom. The van der Waals surface area contributed by atoms with Crippen LogP contribution in [0.5, 0.6) is 0 Å². The summed E-state index contributed by atoms with van der Waals surface area (Å²) in [5, 5.41) is 3.45. The van der Waals surface area contributed by atoms with Gasteiger partial charge in [-0.15, -0.1) is 12.6 Å². The van der Waals surface area contributed by atoms with Crippen molar-refractivity contribution in [3.05, 3.63) is 28.8 Å². The molecule has 1 aromatic rings. The second kappa shape index (κ2) is 7.37. The number of carbonyl (C=O) groups is 1. The van der Waals surface area contributed by atoms with Crippen molar-refractivity contribution in [3.63, 3.8) is 0 Å². The molecule has 0 aromatic heterocycles. The zero-order chi connectivity index (χ0) is 14.5. The van der Waals surface area contributed by atoms with E-state index in [1.807, 2.05) is 0 Å². The third-order valence-corrected chi connectivity index (χ3v) is 4.69. The van der Waals surface area contributed by atoms with Gasteiger partial charge in [-0.25, -0.2) is 0 Å². The van der Waals surface area contributed by atoms with E-state index in [0.717, 1.165) is 29.7 Å². The molecule has 2 unspecified atom stereocenters. The van der Waals surface area contributed by atoms with E-state index in [9.17, 15) is 4.79 Å². The molecule has 0 aliphatic heterocycles. The summed E-state index contributed by atoms with van der Waals surface area (Å²) in [5.74, 6) is 1.49. The first-order valence-electron chi connectivity index (χ1n) is 7.33. The van der Waals surface area contributed by atoms with Crippen LogP contribution in [0, 0.1) is 11.8 Å². The van der Waals surface area contributed by atoms with Crippen molar-refractivity contribution in [1.29, 1.82) is 0 Å². The largest absolute Gasteiger partial charge is 0.352 e. The van der Waals surface area contributed by atoms with Crippen LogP contribution >= 0.6 is 24.2 Å². The molecule has 0 radical (unpaired) electrons. The SMILES string of the molecule is CC1CCCC(CCNC(=O)c2cc(S)ccc2Cl)C1. The first-order chi connectivity index (χ1) is 9.56. The van der Waals surface area contributed by atoms with Gasteiger partial charge in [0.1, 0.15) is 0 Å². The fourth-order valence-electron chi connectivity index (χ4n) is 2.99. The minimum Gasteiger partial charge on any atom is -0.352 e. The number of rotatable bonds is 4. The number of hydrogen-bond donors (Lipinski definition) is 2. The predicted octanol–water partition coefficient (Wildman–Crippen LogP) is 4.57. The van der Waals surface area contributed by atoms with Gasteiger partial charge in [-0.1, -0.05) is 37.8 Å². The number of carbonyl (C=O) groups excluding carboxylic acids is 1. The minimum absolute atomic E-state index is 0.102. The van der Waals surface area contributed by atoms with Crippen LogP contribution in [0.2, 0.25) is 5.02 Å². The van der Waals surface area contributed by atoms with Crippen molar-refractivity contribution in [2.45, 2.75) is 43.9 Å². The maximum absolute atomic E-state index is 12.1. The van der Waals surface area contributed by atoms with Crippen molar-refractivity contribution in [2.24, 2.45) is 11.8 Å². The lowest BCUT2D eigenvalue weighted by Crippen LogP contribution is -2.27. The van der Waals surface area contributed by atoms with Crippen LogP contribution < -0.4 is 5.32 Å². The summed E-state index contributed by atoms with van der Waals surface area (Å²) < 4.78 is 0. The molecule has 2 nitrogen and oxygen atoms in total. The van der Waals surface area contributed by atoms with Gasteiger partial charge in [0.15, 0.2) is 0 Å². The lowest BCUT2D eigenvalue weighted by Gasteiger charge is -2.26. The van der Waals surface area contributed by atoms with Gasteiger partial charge in [0, 0.05) is 11.4 Å². The summed E-state index contributed by atoms with van der Waals surface area (Å²) in [6, 6.07) is 5.21. The number of hydrogen-bond acceptors (Lipinski definition) is 2. The van der Waals surface area contributed by atoms with Gasteiger partial charge in [-0.3, -0.25) is 4.79 Å². The van der Waals surface area contributed by atoms with E-state index in [1.165, 1.54) is 25.7 Å². The highest BCUT2D eigenvalue weighted by Gasteiger charge is 2.19. The first-order valence-corrected chi connectivity index (χ1v) is 8.15. The van der Waals surface area contributed by atoms with Crippen molar-refractivity contribution in [3.8, 4) is 0 Å². The zero-order valence-electron chi connectivity index (χ0n) is 11.9. The monoisotopic (exact) mass is 311 g/mol. The third-order valence-electron chi connectivity index (χ3n) is 4.08. The Morgan fingerprint density at radius 3 is 3.00 bits per heavy atom. The summed E-state index contributed by atoms with van der Waals surface area (Å²) in [7, 11) is 0. The number of halogens is 1. The van der Waals surface area contributed by atoms with E-state index in [4.69, 9.17) is 11.6 Å². The third kappa shape index (κ3) is 4.42. The number of amides is 1.